The quantitative estimate of drug-likeness (QED) is 0.872. The van der Waals surface area contributed by atoms with Gasteiger partial charge in [0.2, 0.25) is 0 Å². The van der Waals surface area contributed by atoms with Crippen LogP contribution < -0.4 is 5.32 Å². The van der Waals surface area contributed by atoms with E-state index in [1.165, 1.54) is 19.3 Å². The lowest BCUT2D eigenvalue weighted by atomic mass is 10.1. The van der Waals surface area contributed by atoms with Crippen molar-refractivity contribution in [2.75, 3.05) is 6.54 Å². The van der Waals surface area contributed by atoms with Crippen LogP contribution in [-0.4, -0.2) is 16.5 Å². The molecule has 100 valence electrons. The van der Waals surface area contributed by atoms with Crippen LogP contribution in [0.5, 0.6) is 0 Å². The van der Waals surface area contributed by atoms with Crippen molar-refractivity contribution in [1.29, 1.82) is 0 Å². The minimum atomic E-state index is 0.357. The Bertz CT molecular complexity index is 542. The number of nitrogens with one attached hydrogen (secondary N) is 2. The molecular formula is C15H18ClN3. The van der Waals surface area contributed by atoms with Gasteiger partial charge in [0.1, 0.15) is 5.82 Å². The fourth-order valence-corrected chi connectivity index (χ4v) is 2.77. The van der Waals surface area contributed by atoms with E-state index < -0.39 is 0 Å². The molecule has 3 rings (SSSR count). The summed E-state index contributed by atoms with van der Waals surface area (Å²) in [7, 11) is 0. The van der Waals surface area contributed by atoms with Gasteiger partial charge in [-0.2, -0.15) is 0 Å². The van der Waals surface area contributed by atoms with Crippen LogP contribution in [0.4, 0.5) is 0 Å². The molecule has 1 atom stereocenters. The van der Waals surface area contributed by atoms with Crippen LogP contribution in [0.1, 0.15) is 37.5 Å². The molecule has 0 bridgehead atoms. The highest BCUT2D eigenvalue weighted by molar-refractivity contribution is 6.30. The topological polar surface area (TPSA) is 40.7 Å². The maximum atomic E-state index is 6.03. The third kappa shape index (κ3) is 2.99. The van der Waals surface area contributed by atoms with Gasteiger partial charge < -0.3 is 10.3 Å². The van der Waals surface area contributed by atoms with E-state index in [1.54, 1.807) is 0 Å². The zero-order chi connectivity index (χ0) is 13.1. The Morgan fingerprint density at radius 1 is 1.21 bits per heavy atom. The molecule has 1 unspecified atom stereocenters. The predicted molar refractivity (Wildman–Crippen MR) is 78.2 cm³/mol. The number of halogens is 1. The van der Waals surface area contributed by atoms with E-state index in [1.807, 2.05) is 30.5 Å². The summed E-state index contributed by atoms with van der Waals surface area (Å²) in [5, 5.41) is 4.31. The molecule has 4 heteroatoms. The molecule has 1 fully saturated rings. The summed E-state index contributed by atoms with van der Waals surface area (Å²) >= 11 is 6.03. The van der Waals surface area contributed by atoms with E-state index in [-0.39, 0.29) is 0 Å². The Hall–Kier alpha value is -1.32. The van der Waals surface area contributed by atoms with Crippen LogP contribution in [-0.2, 0) is 0 Å². The summed E-state index contributed by atoms with van der Waals surface area (Å²) in [4.78, 5) is 7.95. The number of aromatic amines is 1. The first-order valence-corrected chi connectivity index (χ1v) is 7.25. The van der Waals surface area contributed by atoms with Gasteiger partial charge in [0, 0.05) is 10.6 Å². The summed E-state index contributed by atoms with van der Waals surface area (Å²) < 4.78 is 0. The molecule has 1 aliphatic rings. The van der Waals surface area contributed by atoms with E-state index in [0.29, 0.717) is 6.04 Å². The Morgan fingerprint density at radius 3 is 3.05 bits per heavy atom. The number of H-pyrrole nitrogens is 1. The summed E-state index contributed by atoms with van der Waals surface area (Å²) in [6.45, 7) is 1.08. The fourth-order valence-electron chi connectivity index (χ4n) is 2.58. The maximum Gasteiger partial charge on any atom is 0.123 e. The molecule has 19 heavy (non-hydrogen) atoms. The second-order valence-electron chi connectivity index (χ2n) is 5.05. The van der Waals surface area contributed by atoms with Crippen molar-refractivity contribution >= 4 is 11.6 Å². The van der Waals surface area contributed by atoms with Crippen LogP contribution in [0, 0.1) is 0 Å². The van der Waals surface area contributed by atoms with Gasteiger partial charge in [0.15, 0.2) is 0 Å². The van der Waals surface area contributed by atoms with E-state index in [0.717, 1.165) is 35.1 Å². The highest BCUT2D eigenvalue weighted by Crippen LogP contribution is 2.25. The fraction of sp³-hybridized carbons (Fsp3) is 0.400. The van der Waals surface area contributed by atoms with Gasteiger partial charge in [0.05, 0.1) is 17.9 Å². The van der Waals surface area contributed by atoms with E-state index in [2.05, 4.69) is 15.3 Å². The lowest BCUT2D eigenvalue weighted by Crippen LogP contribution is -2.21. The summed E-state index contributed by atoms with van der Waals surface area (Å²) in [6, 6.07) is 8.20. The van der Waals surface area contributed by atoms with Gasteiger partial charge in [-0.25, -0.2) is 4.98 Å². The Balaban J connectivity index is 1.82. The number of hydrogen-bond acceptors (Lipinski definition) is 2. The first-order chi connectivity index (χ1) is 9.33. The average Bonchev–Trinajstić information content (AvgIpc) is 2.75. The average molecular weight is 276 g/mol. The highest BCUT2D eigenvalue weighted by Gasteiger charge is 2.16. The molecule has 0 amide bonds. The smallest absolute Gasteiger partial charge is 0.123 e. The largest absolute Gasteiger partial charge is 0.341 e. The lowest BCUT2D eigenvalue weighted by molar-refractivity contribution is 0.512. The number of imidazole rings is 1. The molecular weight excluding hydrogens is 258 g/mol. The number of rotatable bonds is 2. The van der Waals surface area contributed by atoms with Gasteiger partial charge in [-0.15, -0.1) is 0 Å². The van der Waals surface area contributed by atoms with Crippen molar-refractivity contribution in [1.82, 2.24) is 15.3 Å². The van der Waals surface area contributed by atoms with Gasteiger partial charge in [-0.1, -0.05) is 36.6 Å². The van der Waals surface area contributed by atoms with Crippen LogP contribution in [0.15, 0.2) is 30.5 Å². The molecule has 2 aromatic rings. The summed E-state index contributed by atoms with van der Waals surface area (Å²) in [5.74, 6) is 1.04. The minimum Gasteiger partial charge on any atom is -0.341 e. The van der Waals surface area contributed by atoms with Crippen LogP contribution in [0.3, 0.4) is 0 Å². The molecule has 2 N–H and O–H groups in total. The Kier molecular flexibility index (Phi) is 3.85. The van der Waals surface area contributed by atoms with Gasteiger partial charge in [-0.05, 0) is 31.5 Å². The number of aromatic nitrogens is 2. The Morgan fingerprint density at radius 2 is 2.16 bits per heavy atom. The monoisotopic (exact) mass is 275 g/mol. The molecule has 0 spiro atoms. The standard InChI is InChI=1S/C15H18ClN3/c16-12-6-4-5-11(9-12)14-10-18-15(19-14)13-7-2-1-3-8-17-13/h4-6,9-10,13,17H,1-3,7-8H2,(H,18,19). The van der Waals surface area contributed by atoms with Gasteiger partial charge >= 0.3 is 0 Å². The van der Waals surface area contributed by atoms with Crippen molar-refractivity contribution in [3.63, 3.8) is 0 Å². The van der Waals surface area contributed by atoms with Crippen molar-refractivity contribution in [2.45, 2.75) is 31.7 Å². The van der Waals surface area contributed by atoms with Crippen LogP contribution in [0.2, 0.25) is 5.02 Å². The van der Waals surface area contributed by atoms with Crippen molar-refractivity contribution < 1.29 is 0 Å². The molecule has 2 heterocycles. The zero-order valence-corrected chi connectivity index (χ0v) is 11.6. The highest BCUT2D eigenvalue weighted by atomic mass is 35.5. The normalized spacial score (nSPS) is 20.2. The van der Waals surface area contributed by atoms with Crippen LogP contribution in [0.25, 0.3) is 11.3 Å². The third-order valence-electron chi connectivity index (χ3n) is 3.62. The van der Waals surface area contributed by atoms with E-state index >= 15 is 0 Å². The zero-order valence-electron chi connectivity index (χ0n) is 10.8. The molecule has 1 aliphatic heterocycles. The maximum absolute atomic E-state index is 6.03. The molecule has 0 saturated carbocycles. The molecule has 0 aliphatic carbocycles. The summed E-state index contributed by atoms with van der Waals surface area (Å²) in [5.41, 5.74) is 2.11. The van der Waals surface area contributed by atoms with Crippen molar-refractivity contribution in [3.05, 3.63) is 41.3 Å². The third-order valence-corrected chi connectivity index (χ3v) is 3.86. The molecule has 1 aromatic carbocycles. The minimum absolute atomic E-state index is 0.357. The van der Waals surface area contributed by atoms with Crippen molar-refractivity contribution in [3.8, 4) is 11.3 Å². The number of hydrogen-bond donors (Lipinski definition) is 2. The lowest BCUT2D eigenvalue weighted by Gasteiger charge is -2.12. The molecule has 1 saturated heterocycles. The Labute approximate surface area is 118 Å². The molecule has 0 radical (unpaired) electrons. The SMILES string of the molecule is Clc1cccc(-c2cnc(C3CCCCCN3)[nH]2)c1. The summed E-state index contributed by atoms with van der Waals surface area (Å²) in [6.07, 6.45) is 6.89. The first-order valence-electron chi connectivity index (χ1n) is 6.87. The van der Waals surface area contributed by atoms with E-state index in [9.17, 15) is 0 Å². The van der Waals surface area contributed by atoms with Crippen LogP contribution >= 0.6 is 11.6 Å². The predicted octanol–water partition coefficient (Wildman–Crippen LogP) is 3.93. The number of nitrogens with zero attached hydrogens (tertiary/aromatic N) is 1. The van der Waals surface area contributed by atoms with E-state index in [4.69, 9.17) is 11.6 Å². The first kappa shape index (κ1) is 12.7. The second kappa shape index (κ2) is 5.76. The molecule has 3 nitrogen and oxygen atoms in total. The van der Waals surface area contributed by atoms with Crippen molar-refractivity contribution in [2.24, 2.45) is 0 Å². The van der Waals surface area contributed by atoms with Gasteiger partial charge in [0.25, 0.3) is 0 Å². The second-order valence-corrected chi connectivity index (χ2v) is 5.48. The van der Waals surface area contributed by atoms with Gasteiger partial charge in [-0.3, -0.25) is 0 Å². The molecule has 1 aromatic heterocycles. The number of benzene rings is 1.